The molecule has 3 aromatic carbocycles. The fourth-order valence-electron chi connectivity index (χ4n) is 2.77. The second-order valence-electron chi connectivity index (χ2n) is 5.85. The molecule has 0 heterocycles. The third kappa shape index (κ3) is 3.57. The summed E-state index contributed by atoms with van der Waals surface area (Å²) in [6.07, 6.45) is 0. The molecule has 0 N–H and O–H groups in total. The lowest BCUT2D eigenvalue weighted by Gasteiger charge is -2.17. The maximum Gasteiger partial charge on any atom is 0.534 e. The summed E-state index contributed by atoms with van der Waals surface area (Å²) in [4.78, 5) is 0. The zero-order valence-corrected chi connectivity index (χ0v) is 15.2. The van der Waals surface area contributed by atoms with Crippen molar-refractivity contribution in [2.24, 2.45) is 0 Å². The number of hydrogen-bond donors (Lipinski definition) is 0. The molecule has 4 nitrogen and oxygen atoms in total. The molecular weight excluding hydrogens is 381 g/mol. The van der Waals surface area contributed by atoms with Crippen LogP contribution in [-0.2, 0) is 10.1 Å². The number of methoxy groups -OCH3 is 1. The van der Waals surface area contributed by atoms with Gasteiger partial charge in [0.05, 0.1) is 7.11 Å². The predicted octanol–water partition coefficient (Wildman–Crippen LogP) is 5.05. The predicted molar refractivity (Wildman–Crippen MR) is 96.3 cm³/mol. The van der Waals surface area contributed by atoms with Crippen molar-refractivity contribution in [2.45, 2.75) is 12.4 Å². The Hall–Kier alpha value is -2.74. The van der Waals surface area contributed by atoms with Crippen LogP contribution in [0.3, 0.4) is 0 Å². The maximum absolute atomic E-state index is 12.8. The number of ether oxygens (including phenoxy) is 1. The van der Waals surface area contributed by atoms with Crippen molar-refractivity contribution in [3.8, 4) is 22.6 Å². The van der Waals surface area contributed by atoms with Crippen molar-refractivity contribution in [3.63, 3.8) is 0 Å². The van der Waals surface area contributed by atoms with E-state index in [0.717, 1.165) is 5.56 Å². The number of rotatable bonds is 4. The average molecular weight is 396 g/mol. The molecule has 0 saturated carbocycles. The fourth-order valence-corrected chi connectivity index (χ4v) is 3.24. The van der Waals surface area contributed by atoms with Gasteiger partial charge in [-0.25, -0.2) is 0 Å². The van der Waals surface area contributed by atoms with E-state index in [-0.39, 0.29) is 5.56 Å². The smallest absolute Gasteiger partial charge is 0.496 e. The number of aryl methyl sites for hydroxylation is 1. The Morgan fingerprint density at radius 3 is 2.30 bits per heavy atom. The highest BCUT2D eigenvalue weighted by Crippen LogP contribution is 2.43. The van der Waals surface area contributed by atoms with Gasteiger partial charge < -0.3 is 8.92 Å². The van der Waals surface area contributed by atoms with Gasteiger partial charge in [-0.1, -0.05) is 42.5 Å². The lowest BCUT2D eigenvalue weighted by Crippen LogP contribution is -2.28. The Morgan fingerprint density at radius 2 is 1.63 bits per heavy atom. The molecule has 0 aliphatic rings. The summed E-state index contributed by atoms with van der Waals surface area (Å²) in [6.45, 7) is 1.83. The second-order valence-corrected chi connectivity index (χ2v) is 7.38. The molecule has 3 rings (SSSR count). The molecule has 0 amide bonds. The van der Waals surface area contributed by atoms with Gasteiger partial charge in [0.25, 0.3) is 0 Å². The quantitative estimate of drug-likeness (QED) is 0.457. The van der Waals surface area contributed by atoms with E-state index in [4.69, 9.17) is 4.74 Å². The normalized spacial score (nSPS) is 12.2. The van der Waals surface area contributed by atoms with E-state index in [2.05, 4.69) is 4.18 Å². The van der Waals surface area contributed by atoms with Crippen LogP contribution in [0, 0.1) is 6.92 Å². The molecule has 0 radical (unpaired) electrons. The first-order valence-electron chi connectivity index (χ1n) is 7.81. The summed E-state index contributed by atoms with van der Waals surface area (Å²) in [5.74, 6) is -0.0335. The van der Waals surface area contributed by atoms with Crippen LogP contribution in [0.25, 0.3) is 21.9 Å². The molecule has 0 aromatic heterocycles. The van der Waals surface area contributed by atoms with Crippen LogP contribution >= 0.6 is 0 Å². The molecule has 0 bridgehead atoms. The molecule has 3 aromatic rings. The molecule has 0 spiro atoms. The standard InChI is InChI=1S/C19H15F3O4S/c1-12-7-9-15(17(11-12)25-2)18-14-6-4-3-5-13(14)8-10-16(18)26-27(23,24)19(20,21)22/h3-11H,1-2H3. The zero-order chi connectivity index (χ0) is 19.8. The van der Waals surface area contributed by atoms with Crippen LogP contribution in [0.2, 0.25) is 0 Å². The number of alkyl halides is 3. The van der Waals surface area contributed by atoms with Crippen molar-refractivity contribution in [1.29, 1.82) is 0 Å². The first-order chi connectivity index (χ1) is 12.6. The molecule has 8 heteroatoms. The van der Waals surface area contributed by atoms with Crippen molar-refractivity contribution >= 4 is 20.9 Å². The van der Waals surface area contributed by atoms with E-state index < -0.39 is 21.4 Å². The van der Waals surface area contributed by atoms with E-state index in [1.54, 1.807) is 42.5 Å². The van der Waals surface area contributed by atoms with Crippen LogP contribution in [0.15, 0.2) is 54.6 Å². The Balaban J connectivity index is 2.33. The van der Waals surface area contributed by atoms with Crippen LogP contribution in [-0.4, -0.2) is 21.0 Å². The summed E-state index contributed by atoms with van der Waals surface area (Å²) in [6, 6.07) is 14.7. The minimum Gasteiger partial charge on any atom is -0.496 e. The van der Waals surface area contributed by atoms with E-state index in [1.807, 2.05) is 6.92 Å². The van der Waals surface area contributed by atoms with Crippen LogP contribution < -0.4 is 8.92 Å². The van der Waals surface area contributed by atoms with Crippen molar-refractivity contribution in [3.05, 3.63) is 60.2 Å². The first kappa shape index (κ1) is 19.0. The van der Waals surface area contributed by atoms with Gasteiger partial charge in [0.15, 0.2) is 5.75 Å². The molecule has 27 heavy (non-hydrogen) atoms. The van der Waals surface area contributed by atoms with Gasteiger partial charge in [-0.2, -0.15) is 21.6 Å². The number of benzene rings is 3. The maximum atomic E-state index is 12.8. The number of hydrogen-bond acceptors (Lipinski definition) is 4. The van der Waals surface area contributed by atoms with Crippen molar-refractivity contribution < 1.29 is 30.5 Å². The minimum atomic E-state index is -5.82. The molecule has 0 aliphatic heterocycles. The third-order valence-corrected chi connectivity index (χ3v) is 4.97. The zero-order valence-electron chi connectivity index (χ0n) is 14.4. The molecule has 0 unspecified atom stereocenters. The van der Waals surface area contributed by atoms with Gasteiger partial charge in [0.1, 0.15) is 5.75 Å². The monoisotopic (exact) mass is 396 g/mol. The van der Waals surface area contributed by atoms with Gasteiger partial charge >= 0.3 is 15.6 Å². The van der Waals surface area contributed by atoms with Gasteiger partial charge in [-0.3, -0.25) is 0 Å². The van der Waals surface area contributed by atoms with Crippen molar-refractivity contribution in [1.82, 2.24) is 0 Å². The van der Waals surface area contributed by atoms with E-state index in [0.29, 0.717) is 22.1 Å². The largest absolute Gasteiger partial charge is 0.534 e. The highest BCUT2D eigenvalue weighted by Gasteiger charge is 2.49. The lowest BCUT2D eigenvalue weighted by molar-refractivity contribution is -0.0499. The fraction of sp³-hybridized carbons (Fsp3) is 0.158. The third-order valence-electron chi connectivity index (χ3n) is 4.00. The molecular formula is C19H15F3O4S. The molecule has 0 atom stereocenters. The molecule has 0 aliphatic carbocycles. The average Bonchev–Trinajstić information content (AvgIpc) is 2.60. The Kier molecular flexibility index (Phi) is 4.77. The number of fused-ring (bicyclic) bond motifs is 1. The molecule has 0 fully saturated rings. The highest BCUT2D eigenvalue weighted by molar-refractivity contribution is 7.88. The van der Waals surface area contributed by atoms with E-state index in [1.165, 1.54) is 19.2 Å². The van der Waals surface area contributed by atoms with Gasteiger partial charge in [0.2, 0.25) is 0 Å². The summed E-state index contributed by atoms with van der Waals surface area (Å²) in [5, 5.41) is 1.25. The topological polar surface area (TPSA) is 52.6 Å². The van der Waals surface area contributed by atoms with Gasteiger partial charge in [0, 0.05) is 11.1 Å². The number of halogens is 3. The van der Waals surface area contributed by atoms with Gasteiger partial charge in [-0.15, -0.1) is 0 Å². The summed E-state index contributed by atoms with van der Waals surface area (Å²) < 4.78 is 71.5. The van der Waals surface area contributed by atoms with Crippen LogP contribution in [0.5, 0.6) is 11.5 Å². The SMILES string of the molecule is COc1cc(C)ccc1-c1c(OS(=O)(=O)C(F)(F)F)ccc2ccccc12. The van der Waals surface area contributed by atoms with Crippen molar-refractivity contribution in [2.75, 3.05) is 7.11 Å². The summed E-state index contributed by atoms with van der Waals surface area (Å²) in [5.41, 5.74) is -4.03. The minimum absolute atomic E-state index is 0.206. The van der Waals surface area contributed by atoms with E-state index in [9.17, 15) is 21.6 Å². The van der Waals surface area contributed by atoms with Crippen LogP contribution in [0.4, 0.5) is 13.2 Å². The molecule has 142 valence electrons. The Morgan fingerprint density at radius 1 is 0.926 bits per heavy atom. The Labute approximate surface area is 154 Å². The van der Waals surface area contributed by atoms with Gasteiger partial charge in [-0.05, 0) is 35.4 Å². The van der Waals surface area contributed by atoms with Crippen LogP contribution in [0.1, 0.15) is 5.56 Å². The summed E-state index contributed by atoms with van der Waals surface area (Å²) >= 11 is 0. The highest BCUT2D eigenvalue weighted by atomic mass is 32.2. The Bertz CT molecular complexity index is 1110. The first-order valence-corrected chi connectivity index (χ1v) is 9.22. The lowest BCUT2D eigenvalue weighted by atomic mass is 9.96. The second kappa shape index (κ2) is 6.77. The summed E-state index contributed by atoms with van der Waals surface area (Å²) in [7, 11) is -4.39. The molecule has 0 saturated heterocycles. The van der Waals surface area contributed by atoms with E-state index >= 15 is 0 Å².